The molecule has 0 saturated heterocycles. The van der Waals surface area contributed by atoms with E-state index in [1.54, 1.807) is 0 Å². The summed E-state index contributed by atoms with van der Waals surface area (Å²) >= 11 is 0. The number of benzene rings is 1. The number of carboxylic acid groups (broad SMARTS) is 1. The van der Waals surface area contributed by atoms with Gasteiger partial charge in [-0.15, -0.1) is 0 Å². The molecule has 0 amide bonds. The van der Waals surface area contributed by atoms with E-state index in [-0.39, 0.29) is 6.07 Å². The lowest BCUT2D eigenvalue weighted by Gasteiger charge is -2.25. The standard InChI is InChI=1S/C21H21F9N2O4S/c1-10-12(17(33)34)8-14(32(10)9-16(20(25,26)27)21(28,29)30)11-5-6-15(13(7-11)19(22,23)24)37(35,36)31-18(2,3)4/h5-8,16,31H,9H2,1-4H3,(H,33,34). The molecule has 16 heteroatoms. The third kappa shape index (κ3) is 6.97. The molecule has 0 unspecified atom stereocenters. The lowest BCUT2D eigenvalue weighted by atomic mass is 10.1. The van der Waals surface area contributed by atoms with Crippen molar-refractivity contribution >= 4 is 16.0 Å². The predicted molar refractivity (Wildman–Crippen MR) is 112 cm³/mol. The van der Waals surface area contributed by atoms with E-state index < -0.39 is 85.5 Å². The van der Waals surface area contributed by atoms with E-state index in [4.69, 9.17) is 0 Å². The second-order valence-electron chi connectivity index (χ2n) is 9.14. The first-order valence-electron chi connectivity index (χ1n) is 10.2. The minimum Gasteiger partial charge on any atom is -0.478 e. The zero-order valence-corrected chi connectivity index (χ0v) is 20.3. The van der Waals surface area contributed by atoms with Gasteiger partial charge in [0.05, 0.1) is 16.0 Å². The fourth-order valence-corrected chi connectivity index (χ4v) is 5.14. The van der Waals surface area contributed by atoms with Gasteiger partial charge in [0.15, 0.2) is 5.92 Å². The van der Waals surface area contributed by atoms with Gasteiger partial charge in [0.1, 0.15) is 0 Å². The highest BCUT2D eigenvalue weighted by Gasteiger charge is 2.57. The van der Waals surface area contributed by atoms with Crippen molar-refractivity contribution in [2.24, 2.45) is 5.92 Å². The molecule has 1 aromatic carbocycles. The van der Waals surface area contributed by atoms with Crippen molar-refractivity contribution in [3.63, 3.8) is 0 Å². The number of alkyl halides is 9. The highest BCUT2D eigenvalue weighted by molar-refractivity contribution is 7.89. The van der Waals surface area contributed by atoms with Crippen LogP contribution in [0.15, 0.2) is 29.2 Å². The van der Waals surface area contributed by atoms with Crippen LogP contribution in [0.3, 0.4) is 0 Å². The molecule has 2 aromatic rings. The highest BCUT2D eigenvalue weighted by atomic mass is 32.2. The number of sulfonamides is 1. The lowest BCUT2D eigenvalue weighted by Crippen LogP contribution is -2.41. The van der Waals surface area contributed by atoms with Crippen molar-refractivity contribution in [2.45, 2.75) is 63.2 Å². The molecule has 0 radical (unpaired) electrons. The van der Waals surface area contributed by atoms with Crippen LogP contribution in [0.1, 0.15) is 42.4 Å². The number of nitrogens with zero attached hydrogens (tertiary/aromatic N) is 1. The Labute approximate surface area is 205 Å². The Balaban J connectivity index is 2.84. The van der Waals surface area contributed by atoms with E-state index in [1.165, 1.54) is 20.8 Å². The van der Waals surface area contributed by atoms with Gasteiger partial charge in [-0.2, -0.15) is 39.5 Å². The molecule has 0 aliphatic rings. The van der Waals surface area contributed by atoms with E-state index in [0.717, 1.165) is 13.0 Å². The van der Waals surface area contributed by atoms with Gasteiger partial charge < -0.3 is 9.67 Å². The normalized spacial score (nSPS) is 13.9. The first kappa shape index (κ1) is 30.5. The SMILES string of the molecule is Cc1c(C(=O)O)cc(-c2ccc(S(=O)(=O)NC(C)(C)C)c(C(F)(F)F)c2)n1CC(C(F)(F)F)C(F)(F)F. The van der Waals surface area contributed by atoms with Crippen LogP contribution in [0, 0.1) is 12.8 Å². The minimum absolute atomic E-state index is 0.226. The van der Waals surface area contributed by atoms with Crippen molar-refractivity contribution in [1.82, 2.24) is 9.29 Å². The predicted octanol–water partition coefficient (Wildman–Crippen LogP) is 6.00. The van der Waals surface area contributed by atoms with Gasteiger partial charge in [-0.05, 0) is 51.5 Å². The largest absolute Gasteiger partial charge is 0.478 e. The Hall–Kier alpha value is -2.75. The van der Waals surface area contributed by atoms with Crippen LogP contribution >= 0.6 is 0 Å². The summed E-state index contributed by atoms with van der Waals surface area (Å²) < 4.78 is 148. The second-order valence-corrected chi connectivity index (χ2v) is 10.8. The van der Waals surface area contributed by atoms with Crippen molar-refractivity contribution in [3.8, 4) is 11.3 Å². The van der Waals surface area contributed by atoms with Crippen LogP contribution in [0.5, 0.6) is 0 Å². The summed E-state index contributed by atoms with van der Waals surface area (Å²) in [4.78, 5) is 10.3. The summed E-state index contributed by atoms with van der Waals surface area (Å²) in [7, 11) is -4.78. The van der Waals surface area contributed by atoms with E-state index in [2.05, 4.69) is 0 Å². The zero-order chi connectivity index (χ0) is 28.9. The highest BCUT2D eigenvalue weighted by Crippen LogP contribution is 2.43. The van der Waals surface area contributed by atoms with Crippen LogP contribution in [0.2, 0.25) is 0 Å². The molecule has 6 nitrogen and oxygen atoms in total. The van der Waals surface area contributed by atoms with E-state index in [0.29, 0.717) is 16.7 Å². The Morgan fingerprint density at radius 2 is 1.49 bits per heavy atom. The molecule has 1 aromatic heterocycles. The fourth-order valence-electron chi connectivity index (χ4n) is 3.51. The number of nitrogens with one attached hydrogen (secondary N) is 1. The Morgan fingerprint density at radius 3 is 1.89 bits per heavy atom. The fraction of sp³-hybridized carbons (Fsp3) is 0.476. The number of hydrogen-bond acceptors (Lipinski definition) is 3. The van der Waals surface area contributed by atoms with Crippen molar-refractivity contribution < 1.29 is 57.8 Å². The summed E-state index contributed by atoms with van der Waals surface area (Å²) in [5, 5.41) is 9.32. The summed E-state index contributed by atoms with van der Waals surface area (Å²) in [6.45, 7) is 3.08. The number of carboxylic acids is 1. The molecule has 0 aliphatic heterocycles. The van der Waals surface area contributed by atoms with Crippen LogP contribution < -0.4 is 4.72 Å². The Bertz CT molecular complexity index is 1270. The average molecular weight is 568 g/mol. The topological polar surface area (TPSA) is 88.4 Å². The molecule has 2 rings (SSSR count). The van der Waals surface area contributed by atoms with Gasteiger partial charge in [-0.1, -0.05) is 6.07 Å². The van der Waals surface area contributed by atoms with Crippen LogP contribution in [-0.2, 0) is 22.7 Å². The maximum atomic E-state index is 13.9. The number of carbonyl (C=O) groups is 1. The van der Waals surface area contributed by atoms with Gasteiger partial charge >= 0.3 is 24.5 Å². The molecule has 0 saturated carbocycles. The average Bonchev–Trinajstić information content (AvgIpc) is 2.97. The smallest absolute Gasteiger partial charge is 0.417 e. The molecule has 208 valence electrons. The summed E-state index contributed by atoms with van der Waals surface area (Å²) in [6.07, 6.45) is -17.0. The number of rotatable bonds is 6. The quantitative estimate of drug-likeness (QED) is 0.419. The molecule has 0 atom stereocenters. The maximum Gasteiger partial charge on any atom is 0.417 e. The second kappa shape index (κ2) is 9.53. The molecular formula is C21H21F9N2O4S. The van der Waals surface area contributed by atoms with Crippen LogP contribution in [0.25, 0.3) is 11.3 Å². The number of aromatic carboxylic acids is 1. The van der Waals surface area contributed by atoms with Gasteiger partial charge in [0, 0.05) is 23.5 Å². The molecule has 0 spiro atoms. The summed E-state index contributed by atoms with van der Waals surface area (Å²) in [5.74, 6) is -5.72. The van der Waals surface area contributed by atoms with E-state index in [1.807, 2.05) is 4.72 Å². The van der Waals surface area contributed by atoms with Gasteiger partial charge in [-0.25, -0.2) is 17.9 Å². The third-order valence-electron chi connectivity index (χ3n) is 5.06. The van der Waals surface area contributed by atoms with Gasteiger partial charge in [0.2, 0.25) is 10.0 Å². The van der Waals surface area contributed by atoms with Gasteiger partial charge in [-0.3, -0.25) is 0 Å². The third-order valence-corrected chi connectivity index (χ3v) is 6.88. The molecule has 1 heterocycles. The lowest BCUT2D eigenvalue weighted by molar-refractivity contribution is -0.287. The number of halogens is 9. The first-order valence-corrected chi connectivity index (χ1v) is 11.7. The van der Waals surface area contributed by atoms with Crippen molar-refractivity contribution in [2.75, 3.05) is 0 Å². The monoisotopic (exact) mass is 568 g/mol. The first-order chi connectivity index (χ1) is 16.4. The van der Waals surface area contributed by atoms with Crippen LogP contribution in [0.4, 0.5) is 39.5 Å². The molecular weight excluding hydrogens is 547 g/mol. The molecule has 37 heavy (non-hydrogen) atoms. The number of hydrogen-bond donors (Lipinski definition) is 2. The van der Waals surface area contributed by atoms with Crippen LogP contribution in [-0.4, -0.2) is 42.0 Å². The Kier molecular flexibility index (Phi) is 7.85. The molecule has 0 bridgehead atoms. The zero-order valence-electron chi connectivity index (χ0n) is 19.5. The van der Waals surface area contributed by atoms with Crippen molar-refractivity contribution in [3.05, 3.63) is 41.1 Å². The summed E-state index contributed by atoms with van der Waals surface area (Å²) in [5.41, 5.74) is -5.66. The Morgan fingerprint density at radius 1 is 0.973 bits per heavy atom. The molecule has 0 aliphatic carbocycles. The molecule has 2 N–H and O–H groups in total. The van der Waals surface area contributed by atoms with Gasteiger partial charge in [0.25, 0.3) is 0 Å². The van der Waals surface area contributed by atoms with E-state index >= 15 is 0 Å². The number of aromatic nitrogens is 1. The van der Waals surface area contributed by atoms with Crippen molar-refractivity contribution in [1.29, 1.82) is 0 Å². The van der Waals surface area contributed by atoms with E-state index in [9.17, 15) is 57.8 Å². The summed E-state index contributed by atoms with van der Waals surface area (Å²) in [6, 6.07) is 2.08. The maximum absolute atomic E-state index is 13.9. The minimum atomic E-state index is -5.82. The molecule has 0 fully saturated rings.